The molecule has 1 aromatic carbocycles. The van der Waals surface area contributed by atoms with Gasteiger partial charge in [0.25, 0.3) is 0 Å². The largest absolute Gasteiger partial charge is 0.478 e. The van der Waals surface area contributed by atoms with Gasteiger partial charge in [-0.05, 0) is 18.2 Å². The van der Waals surface area contributed by atoms with Crippen LogP contribution in [0.2, 0.25) is 0 Å². The number of hydrogen-bond acceptors (Lipinski definition) is 5. The third-order valence-corrected chi connectivity index (χ3v) is 3.56. The monoisotopic (exact) mass is 277 g/mol. The smallest absolute Gasteiger partial charge is 0.336 e. The van der Waals surface area contributed by atoms with Crippen LogP contribution in [-0.4, -0.2) is 34.9 Å². The first kappa shape index (κ1) is 13.4. The average molecular weight is 277 g/mol. The number of aromatic nitrogens is 1. The summed E-state index contributed by atoms with van der Waals surface area (Å²) in [6.45, 7) is 0. The zero-order chi connectivity index (χ0) is 13.8. The number of aromatic carboxylic acids is 1. The minimum absolute atomic E-state index is 0.161. The minimum Gasteiger partial charge on any atom is -0.478 e. The molecule has 2 rings (SSSR count). The highest BCUT2D eigenvalue weighted by molar-refractivity contribution is 8.00. The number of carbonyl (C=O) groups is 2. The van der Waals surface area contributed by atoms with Crippen LogP contribution in [0.15, 0.2) is 35.4 Å². The quantitative estimate of drug-likeness (QED) is 0.682. The molecule has 2 aromatic rings. The number of nitrogens with zero attached hydrogens (tertiary/aromatic N) is 1. The van der Waals surface area contributed by atoms with E-state index >= 15 is 0 Å². The van der Waals surface area contributed by atoms with E-state index in [0.717, 1.165) is 4.90 Å². The zero-order valence-corrected chi connectivity index (χ0v) is 10.9. The Hall–Kier alpha value is -2.08. The third kappa shape index (κ3) is 2.85. The van der Waals surface area contributed by atoms with Crippen LogP contribution < -0.4 is 0 Å². The number of esters is 1. The fourth-order valence-corrected chi connectivity index (χ4v) is 2.50. The molecule has 1 heterocycles. The highest BCUT2D eigenvalue weighted by Gasteiger charge is 2.13. The van der Waals surface area contributed by atoms with Crippen molar-refractivity contribution in [1.29, 1.82) is 0 Å². The molecular formula is C13H11NO4S. The molecule has 19 heavy (non-hydrogen) atoms. The number of carbonyl (C=O) groups excluding carboxylic acids is 1. The summed E-state index contributed by atoms with van der Waals surface area (Å²) in [5, 5.41) is 9.68. The first-order valence-corrected chi connectivity index (χ1v) is 6.42. The van der Waals surface area contributed by atoms with Crippen molar-refractivity contribution in [3.8, 4) is 0 Å². The SMILES string of the molecule is COC(=O)CSc1ccc(C(=O)O)c2cccnc12. The summed E-state index contributed by atoms with van der Waals surface area (Å²) >= 11 is 1.27. The van der Waals surface area contributed by atoms with E-state index in [1.165, 1.54) is 24.9 Å². The summed E-state index contributed by atoms with van der Waals surface area (Å²) in [5.41, 5.74) is 0.779. The number of thioether (sulfide) groups is 1. The van der Waals surface area contributed by atoms with Crippen molar-refractivity contribution in [1.82, 2.24) is 4.98 Å². The predicted octanol–water partition coefficient (Wildman–Crippen LogP) is 2.20. The number of methoxy groups -OCH3 is 1. The van der Waals surface area contributed by atoms with Crippen LogP contribution in [0.5, 0.6) is 0 Å². The molecule has 0 amide bonds. The van der Waals surface area contributed by atoms with E-state index in [1.54, 1.807) is 24.4 Å². The highest BCUT2D eigenvalue weighted by atomic mass is 32.2. The van der Waals surface area contributed by atoms with Crippen LogP contribution in [-0.2, 0) is 9.53 Å². The van der Waals surface area contributed by atoms with Gasteiger partial charge in [-0.3, -0.25) is 9.78 Å². The number of ether oxygens (including phenoxy) is 1. The van der Waals surface area contributed by atoms with Crippen LogP contribution in [0.1, 0.15) is 10.4 Å². The van der Waals surface area contributed by atoms with E-state index < -0.39 is 5.97 Å². The van der Waals surface area contributed by atoms with Gasteiger partial charge in [0.1, 0.15) is 0 Å². The second-order valence-corrected chi connectivity index (χ2v) is 4.70. The van der Waals surface area contributed by atoms with E-state index in [1.807, 2.05) is 0 Å². The molecule has 0 spiro atoms. The van der Waals surface area contributed by atoms with Gasteiger partial charge in [-0.1, -0.05) is 6.07 Å². The van der Waals surface area contributed by atoms with Gasteiger partial charge in [0.2, 0.25) is 0 Å². The van der Waals surface area contributed by atoms with Crippen molar-refractivity contribution in [3.63, 3.8) is 0 Å². The number of benzene rings is 1. The molecule has 1 N–H and O–H groups in total. The van der Waals surface area contributed by atoms with Crippen molar-refractivity contribution in [2.75, 3.05) is 12.9 Å². The number of fused-ring (bicyclic) bond motifs is 1. The van der Waals surface area contributed by atoms with Gasteiger partial charge in [-0.25, -0.2) is 4.79 Å². The van der Waals surface area contributed by atoms with E-state index in [9.17, 15) is 9.59 Å². The summed E-state index contributed by atoms with van der Waals surface area (Å²) in [4.78, 5) is 27.2. The van der Waals surface area contributed by atoms with Crippen molar-refractivity contribution < 1.29 is 19.4 Å². The molecule has 0 unspecified atom stereocenters. The Kier molecular flexibility index (Phi) is 4.01. The number of rotatable bonds is 4. The Morgan fingerprint density at radius 1 is 1.37 bits per heavy atom. The Morgan fingerprint density at radius 2 is 2.16 bits per heavy atom. The number of hydrogen-bond donors (Lipinski definition) is 1. The van der Waals surface area contributed by atoms with E-state index in [4.69, 9.17) is 5.11 Å². The lowest BCUT2D eigenvalue weighted by molar-refractivity contribution is -0.137. The average Bonchev–Trinajstić information content (AvgIpc) is 2.43. The van der Waals surface area contributed by atoms with Gasteiger partial charge in [0.05, 0.1) is 23.9 Å². The van der Waals surface area contributed by atoms with Crippen molar-refractivity contribution in [2.24, 2.45) is 0 Å². The molecule has 0 saturated carbocycles. The maximum Gasteiger partial charge on any atom is 0.336 e. The molecule has 5 nitrogen and oxygen atoms in total. The van der Waals surface area contributed by atoms with Gasteiger partial charge >= 0.3 is 11.9 Å². The van der Waals surface area contributed by atoms with Crippen LogP contribution in [0, 0.1) is 0 Å². The topological polar surface area (TPSA) is 76.5 Å². The van der Waals surface area contributed by atoms with Gasteiger partial charge < -0.3 is 9.84 Å². The molecule has 0 bridgehead atoms. The van der Waals surface area contributed by atoms with Gasteiger partial charge in [0, 0.05) is 16.5 Å². The molecule has 1 aromatic heterocycles. The van der Waals surface area contributed by atoms with Crippen LogP contribution in [0.4, 0.5) is 0 Å². The molecule has 0 radical (unpaired) electrons. The lowest BCUT2D eigenvalue weighted by Gasteiger charge is -2.07. The lowest BCUT2D eigenvalue weighted by Crippen LogP contribution is -2.03. The van der Waals surface area contributed by atoms with E-state index in [0.29, 0.717) is 10.9 Å². The molecule has 98 valence electrons. The first-order valence-electron chi connectivity index (χ1n) is 5.44. The van der Waals surface area contributed by atoms with Crippen LogP contribution in [0.25, 0.3) is 10.9 Å². The Bertz CT molecular complexity index is 642. The number of carboxylic acids is 1. The van der Waals surface area contributed by atoms with E-state index in [-0.39, 0.29) is 17.3 Å². The van der Waals surface area contributed by atoms with Crippen molar-refractivity contribution >= 4 is 34.6 Å². The fourth-order valence-electron chi connectivity index (χ4n) is 1.65. The Balaban J connectivity index is 2.44. The van der Waals surface area contributed by atoms with Crippen LogP contribution >= 0.6 is 11.8 Å². The first-order chi connectivity index (χ1) is 9.13. The summed E-state index contributed by atoms with van der Waals surface area (Å²) in [7, 11) is 1.33. The van der Waals surface area contributed by atoms with Gasteiger partial charge in [-0.2, -0.15) is 0 Å². The molecule has 0 saturated heterocycles. The van der Waals surface area contributed by atoms with Gasteiger partial charge in [-0.15, -0.1) is 11.8 Å². The highest BCUT2D eigenvalue weighted by Crippen LogP contribution is 2.28. The summed E-state index contributed by atoms with van der Waals surface area (Å²) in [6, 6.07) is 6.57. The molecule has 0 aliphatic heterocycles. The molecule has 0 aliphatic rings. The minimum atomic E-state index is -0.998. The van der Waals surface area contributed by atoms with Crippen molar-refractivity contribution in [2.45, 2.75) is 4.90 Å². The Morgan fingerprint density at radius 3 is 2.84 bits per heavy atom. The second-order valence-electron chi connectivity index (χ2n) is 3.68. The van der Waals surface area contributed by atoms with E-state index in [2.05, 4.69) is 9.72 Å². The number of pyridine rings is 1. The standard InChI is InChI=1S/C13H11NO4S/c1-18-11(15)7-19-10-5-4-9(13(16)17)8-3-2-6-14-12(8)10/h2-6H,7H2,1H3,(H,16,17). The summed E-state index contributed by atoms with van der Waals surface area (Å²) in [6.07, 6.45) is 1.59. The molecule has 0 fully saturated rings. The fraction of sp³-hybridized carbons (Fsp3) is 0.154. The molecular weight excluding hydrogens is 266 g/mol. The van der Waals surface area contributed by atoms with Gasteiger partial charge in [0.15, 0.2) is 0 Å². The lowest BCUT2D eigenvalue weighted by atomic mass is 10.1. The number of carboxylic acid groups (broad SMARTS) is 1. The summed E-state index contributed by atoms with van der Waals surface area (Å²) < 4.78 is 4.57. The third-order valence-electron chi connectivity index (χ3n) is 2.54. The maximum atomic E-state index is 11.1. The normalized spacial score (nSPS) is 10.4. The molecule has 6 heteroatoms. The van der Waals surface area contributed by atoms with Crippen LogP contribution in [0.3, 0.4) is 0 Å². The second kappa shape index (κ2) is 5.71. The Labute approximate surface area is 113 Å². The maximum absolute atomic E-state index is 11.1. The summed E-state index contributed by atoms with van der Waals surface area (Å²) in [5.74, 6) is -1.17. The van der Waals surface area contributed by atoms with Crippen molar-refractivity contribution in [3.05, 3.63) is 36.0 Å². The predicted molar refractivity (Wildman–Crippen MR) is 71.4 cm³/mol. The molecule has 0 atom stereocenters. The molecule has 0 aliphatic carbocycles. The zero-order valence-electron chi connectivity index (χ0n) is 10.1.